The van der Waals surface area contributed by atoms with Crippen LogP contribution in [0.1, 0.15) is 11.1 Å². The average molecular weight is 279 g/mol. The van der Waals surface area contributed by atoms with Crippen molar-refractivity contribution in [3.05, 3.63) is 71.8 Å². The molecular formula is C15H14LiNS2. The molecule has 4 heteroatoms. The van der Waals surface area contributed by atoms with Crippen molar-refractivity contribution in [2.45, 2.75) is 13.1 Å². The van der Waals surface area contributed by atoms with Gasteiger partial charge in [-0.1, -0.05) is 65.0 Å². The van der Waals surface area contributed by atoms with E-state index in [0.717, 1.165) is 13.1 Å². The quantitative estimate of drug-likeness (QED) is 0.456. The first-order valence-electron chi connectivity index (χ1n) is 5.79. The summed E-state index contributed by atoms with van der Waals surface area (Å²) in [4.78, 5) is 2.04. The summed E-state index contributed by atoms with van der Waals surface area (Å²) in [6, 6.07) is 20.5. The fourth-order valence-electron chi connectivity index (χ4n) is 1.79. The smallest absolute Gasteiger partial charge is 0.411 e. The zero-order valence-corrected chi connectivity index (χ0v) is 12.6. The van der Waals surface area contributed by atoms with E-state index in [1.165, 1.54) is 11.1 Å². The van der Waals surface area contributed by atoms with Gasteiger partial charge < -0.3 is 29.7 Å². The molecule has 0 aliphatic carbocycles. The molecule has 0 unspecified atom stereocenters. The van der Waals surface area contributed by atoms with Gasteiger partial charge in [-0.2, -0.15) is 0 Å². The van der Waals surface area contributed by atoms with E-state index >= 15 is 0 Å². The Morgan fingerprint density at radius 3 is 1.53 bits per heavy atom. The van der Waals surface area contributed by atoms with E-state index in [1.807, 2.05) is 41.3 Å². The molecule has 0 bridgehead atoms. The van der Waals surface area contributed by atoms with Crippen molar-refractivity contribution in [1.82, 2.24) is 4.90 Å². The third-order valence-corrected chi connectivity index (χ3v) is 3.21. The van der Waals surface area contributed by atoms with Crippen molar-refractivity contribution in [3.63, 3.8) is 0 Å². The summed E-state index contributed by atoms with van der Waals surface area (Å²) in [7, 11) is 0. The van der Waals surface area contributed by atoms with Crippen LogP contribution in [0, 0.1) is 0 Å². The Hall–Kier alpha value is -0.853. The standard InChI is InChI=1S/C15H15NS2.Li/c17-15(18)16(11-13-7-3-1-4-8-13)12-14-9-5-2-6-10-14;/h1-10H,11-12H2,(H,17,18);/q;+1/p-1. The molecule has 2 rings (SSSR count). The SMILES string of the molecule is S=C([S-])N(Cc1ccccc1)Cc1ccccc1.[Li+]. The molecule has 2 aromatic rings. The van der Waals surface area contributed by atoms with Gasteiger partial charge in [0.2, 0.25) is 0 Å². The minimum absolute atomic E-state index is 0. The van der Waals surface area contributed by atoms with Crippen molar-refractivity contribution < 1.29 is 18.9 Å². The molecule has 0 saturated carbocycles. The molecule has 0 radical (unpaired) electrons. The number of hydrogen-bond acceptors (Lipinski definition) is 2. The van der Waals surface area contributed by atoms with Gasteiger partial charge in [0.15, 0.2) is 0 Å². The van der Waals surface area contributed by atoms with E-state index in [4.69, 9.17) is 24.8 Å². The molecule has 0 N–H and O–H groups in total. The van der Waals surface area contributed by atoms with Crippen LogP contribution in [0.4, 0.5) is 0 Å². The summed E-state index contributed by atoms with van der Waals surface area (Å²) < 4.78 is 0.516. The molecule has 0 aromatic heterocycles. The molecular weight excluding hydrogens is 265 g/mol. The van der Waals surface area contributed by atoms with Crippen molar-refractivity contribution in [2.24, 2.45) is 0 Å². The topological polar surface area (TPSA) is 3.24 Å². The number of thiocarbonyl (C=S) groups is 1. The van der Waals surface area contributed by atoms with E-state index < -0.39 is 0 Å². The van der Waals surface area contributed by atoms with E-state index in [9.17, 15) is 0 Å². The third-order valence-electron chi connectivity index (χ3n) is 2.69. The second-order valence-electron chi connectivity index (χ2n) is 4.09. The maximum Gasteiger partial charge on any atom is 1.00 e. The first kappa shape index (κ1) is 16.2. The van der Waals surface area contributed by atoms with Crippen LogP contribution in [0.2, 0.25) is 0 Å². The number of hydrogen-bond donors (Lipinski definition) is 0. The second-order valence-corrected chi connectivity index (χ2v) is 5.12. The van der Waals surface area contributed by atoms with Gasteiger partial charge in [-0.15, -0.1) is 0 Å². The fourth-order valence-corrected chi connectivity index (χ4v) is 2.05. The molecule has 19 heavy (non-hydrogen) atoms. The van der Waals surface area contributed by atoms with Gasteiger partial charge in [-0.05, 0) is 11.1 Å². The Morgan fingerprint density at radius 1 is 0.842 bits per heavy atom. The number of rotatable bonds is 4. The van der Waals surface area contributed by atoms with Crippen molar-refractivity contribution >= 4 is 29.2 Å². The molecule has 0 aliphatic heterocycles. The van der Waals surface area contributed by atoms with Crippen LogP contribution < -0.4 is 18.9 Å². The molecule has 0 heterocycles. The zero-order chi connectivity index (χ0) is 12.8. The van der Waals surface area contributed by atoms with Crippen LogP contribution >= 0.6 is 12.2 Å². The Kier molecular flexibility index (Phi) is 7.12. The average Bonchev–Trinajstić information content (AvgIpc) is 2.40. The molecule has 0 aliphatic rings. The van der Waals surface area contributed by atoms with E-state index in [0.29, 0.717) is 4.32 Å². The summed E-state index contributed by atoms with van der Waals surface area (Å²) in [5.74, 6) is 0. The summed E-state index contributed by atoms with van der Waals surface area (Å²) in [6.07, 6.45) is 0. The Bertz CT molecular complexity index is 461. The molecule has 92 valence electrons. The van der Waals surface area contributed by atoms with Gasteiger partial charge in [0.05, 0.1) is 0 Å². The largest absolute Gasteiger partial charge is 1.00 e. The first-order chi connectivity index (χ1) is 8.75. The van der Waals surface area contributed by atoms with Gasteiger partial charge in [0.25, 0.3) is 0 Å². The zero-order valence-electron chi connectivity index (χ0n) is 11.0. The summed E-state index contributed by atoms with van der Waals surface area (Å²) >= 11 is 10.3. The monoisotopic (exact) mass is 279 g/mol. The first-order valence-corrected chi connectivity index (χ1v) is 6.61. The van der Waals surface area contributed by atoms with Gasteiger partial charge in [0, 0.05) is 13.1 Å². The van der Waals surface area contributed by atoms with Crippen LogP contribution in [0.5, 0.6) is 0 Å². The Balaban J connectivity index is 0.00000180. The maximum absolute atomic E-state index is 5.16. The van der Waals surface area contributed by atoms with E-state index in [2.05, 4.69) is 24.3 Å². The molecule has 1 nitrogen and oxygen atoms in total. The fraction of sp³-hybridized carbons (Fsp3) is 0.133. The number of benzene rings is 2. The van der Waals surface area contributed by atoms with Gasteiger partial charge in [-0.25, -0.2) is 0 Å². The minimum Gasteiger partial charge on any atom is -0.411 e. The normalized spacial score (nSPS) is 9.47. The van der Waals surface area contributed by atoms with Crippen LogP contribution in [0.3, 0.4) is 0 Å². The molecule has 0 fully saturated rings. The van der Waals surface area contributed by atoms with Crippen molar-refractivity contribution in [2.75, 3.05) is 0 Å². The third kappa shape index (κ3) is 5.34. The molecule has 0 atom stereocenters. The van der Waals surface area contributed by atoms with Crippen LogP contribution in [-0.4, -0.2) is 9.22 Å². The van der Waals surface area contributed by atoms with Crippen molar-refractivity contribution in [3.8, 4) is 0 Å². The van der Waals surface area contributed by atoms with Gasteiger partial charge >= 0.3 is 18.9 Å². The molecule has 0 amide bonds. The number of nitrogens with zero attached hydrogens (tertiary/aromatic N) is 1. The van der Waals surface area contributed by atoms with Crippen LogP contribution in [-0.2, 0) is 25.7 Å². The Morgan fingerprint density at radius 2 is 1.21 bits per heavy atom. The van der Waals surface area contributed by atoms with Gasteiger partial charge in [0.1, 0.15) is 0 Å². The van der Waals surface area contributed by atoms with Crippen LogP contribution in [0.25, 0.3) is 0 Å². The van der Waals surface area contributed by atoms with E-state index in [-0.39, 0.29) is 18.9 Å². The predicted octanol–water partition coefficient (Wildman–Crippen LogP) is 0.525. The molecule has 2 aromatic carbocycles. The predicted molar refractivity (Wildman–Crippen MR) is 82.1 cm³/mol. The second kappa shape index (κ2) is 8.34. The molecule has 0 spiro atoms. The maximum atomic E-state index is 5.16. The minimum atomic E-state index is 0. The summed E-state index contributed by atoms with van der Waals surface area (Å²) in [5.41, 5.74) is 2.45. The molecule has 0 saturated heterocycles. The van der Waals surface area contributed by atoms with Gasteiger partial charge in [-0.3, -0.25) is 0 Å². The van der Waals surface area contributed by atoms with Crippen LogP contribution in [0.15, 0.2) is 60.7 Å². The summed E-state index contributed by atoms with van der Waals surface area (Å²) in [5, 5.41) is 0. The van der Waals surface area contributed by atoms with Crippen molar-refractivity contribution in [1.29, 1.82) is 0 Å². The Labute approximate surface area is 137 Å². The van der Waals surface area contributed by atoms with E-state index in [1.54, 1.807) is 0 Å². The summed E-state index contributed by atoms with van der Waals surface area (Å²) in [6.45, 7) is 1.52.